The Kier molecular flexibility index (Phi) is 99.6. The third-order valence-electron chi connectivity index (χ3n) is 8.89. The zero-order chi connectivity index (χ0) is 74.3. The van der Waals surface area contributed by atoms with Crippen LogP contribution in [0.15, 0.2) is 0 Å². The first kappa shape index (κ1) is 129. The molecule has 0 aromatic carbocycles. The summed E-state index contributed by atoms with van der Waals surface area (Å²) in [4.78, 5) is 63.2. The summed E-state index contributed by atoms with van der Waals surface area (Å²) in [6.07, 6.45) is 13.7. The molecule has 0 atom stereocenters. The molecule has 0 radical (unpaired) electrons. The van der Waals surface area contributed by atoms with Crippen molar-refractivity contribution < 1.29 is 206 Å². The maximum absolute atomic E-state index is 12.5. The number of terminal acetylenes is 2. The van der Waals surface area contributed by atoms with Crippen molar-refractivity contribution in [2.75, 3.05) is 32.2 Å². The van der Waals surface area contributed by atoms with E-state index >= 15 is 0 Å². The van der Waals surface area contributed by atoms with Gasteiger partial charge in [0, 0.05) is 68.0 Å². The minimum Gasteiger partial charge on any atom is -1.00 e. The topological polar surface area (TPSA) is 208 Å². The van der Waals surface area contributed by atoms with E-state index in [9.17, 15) is 19.2 Å². The van der Waals surface area contributed by atoms with Gasteiger partial charge in [0.15, 0.2) is 11.4 Å². The normalized spacial score (nSPS) is 14.8. The van der Waals surface area contributed by atoms with E-state index in [1.807, 2.05) is 41.5 Å². The van der Waals surface area contributed by atoms with Crippen LogP contribution < -0.4 is 156 Å². The number of rotatable bonds is 28. The molecule has 0 aliphatic carbocycles. The molecule has 0 saturated carbocycles. The van der Waals surface area contributed by atoms with Crippen LogP contribution in [0, 0.1) is 24.7 Å². The van der Waals surface area contributed by atoms with Gasteiger partial charge in [-0.15, -0.1) is 36.3 Å². The molecular weight excluding hydrogens is 5980 g/mol. The molecule has 592 valence electrons. The van der Waals surface area contributed by atoms with Crippen molar-refractivity contribution in [2.24, 2.45) is 0 Å². The minimum absolute atomic E-state index is 0. The van der Waals surface area contributed by atoms with E-state index in [1.54, 1.807) is 28.3 Å². The number of nitrogens with one attached hydrogen (secondary N) is 1. The summed E-state index contributed by atoms with van der Waals surface area (Å²) >= 11 is 70.3. The molecule has 0 fully saturated rings. The summed E-state index contributed by atoms with van der Waals surface area (Å²) < 4.78 is 22.6. The Balaban J connectivity index is -0.000000651. The van der Waals surface area contributed by atoms with Crippen LogP contribution in [0.3, 0.4) is 0 Å². The molecule has 59 heteroatoms. The number of nitrogens with zero attached hydrogens (tertiary/aromatic N) is 5. The van der Waals surface area contributed by atoms with Crippen molar-refractivity contribution in [1.29, 1.82) is 0 Å². The first-order chi connectivity index (χ1) is 44.7. The van der Waals surface area contributed by atoms with E-state index in [1.165, 1.54) is 0 Å². The molecule has 2 aliphatic rings. The van der Waals surface area contributed by atoms with Gasteiger partial charge in [-0.2, -0.15) is 10.2 Å². The minimum atomic E-state index is -0.569. The van der Waals surface area contributed by atoms with Gasteiger partial charge in [-0.25, -0.2) is 19.2 Å². The number of carbonyl (C=O) groups is 5. The van der Waals surface area contributed by atoms with Crippen LogP contribution in [0.2, 0.25) is 0 Å². The molecule has 0 unspecified atom stereocenters. The van der Waals surface area contributed by atoms with E-state index in [2.05, 4.69) is 404 Å². The Morgan fingerprint density at radius 2 is 0.969 bits per heavy atom. The molecular formula is C39H57ClCs2I39N6O11-. The van der Waals surface area contributed by atoms with E-state index in [4.69, 9.17) is 53.4 Å². The number of hydrogen-bond acceptors (Lipinski definition) is 13. The molecule has 2 aromatic rings. The van der Waals surface area contributed by atoms with Crippen molar-refractivity contribution in [3.05, 3.63) is 33.9 Å². The Morgan fingerprint density at radius 3 is 1.31 bits per heavy atom. The Morgan fingerprint density at radius 1 is 0.612 bits per heavy atom. The molecule has 0 spiro atoms. The number of aromatic amines is 1. The molecule has 4 rings (SSSR count). The molecule has 2 aromatic heterocycles. The van der Waals surface area contributed by atoms with Crippen LogP contribution in [0.4, 0.5) is 9.59 Å². The zero-order valence-electron chi connectivity index (χ0n) is 52.0. The van der Waals surface area contributed by atoms with Gasteiger partial charge >= 0.3 is 690 Å². The molecule has 17 nitrogen and oxygen atoms in total. The quantitative estimate of drug-likeness (QED) is 0.00969. The summed E-state index contributed by atoms with van der Waals surface area (Å²) in [5.74, 6) is 4.86. The summed E-state index contributed by atoms with van der Waals surface area (Å²) in [5.41, 5.74) is 2.70. The third-order valence-corrected chi connectivity index (χ3v) is 2900. The van der Waals surface area contributed by atoms with Gasteiger partial charge < -0.3 is 40.3 Å². The second-order valence-electron chi connectivity index (χ2n) is 17.2. The van der Waals surface area contributed by atoms with Gasteiger partial charge in [0.2, 0.25) is 0 Å². The molecule has 1 N–H and O–H groups in total. The Bertz CT molecular complexity index is 2760. The fraction of sp³-hybridized carbons (Fsp3) is 0.615. The standard InChI is InChI=1S/C19H27N3O4.C14H21N3O4.C5H7Cl.CH2O3.2Cs.I39.H/c1-6-8-9-11-22-16(17(23)25-7-2)14-13-21(12-10-15(14)20-22)18(24)26-19(3,4)5;1-5-20-12(18)11-9-8-17(7-6-10(9)15-16-11)13(19)21-14(2,3)4;1-2-3-4-5-6;2-1-4-3;;;1-21-23(4)25(6)27(8)29(10)31(12)33(14)35(16)37(18)39(20)38(19)36(17)34(15)32(13)30(11)28(9)26(7)24(5)22(2)3;/h1H,7-13H2,2-5H3;5-8H2,1-4H3,(H,15,16);1H,3-5H2;1,3H;;;;/q;;;;2*+1;2*-1/p-1. The number of halogens is 40. The molecule has 98 heavy (non-hydrogen) atoms. The van der Waals surface area contributed by atoms with Gasteiger partial charge in [0.25, 0.3) is 6.47 Å². The maximum atomic E-state index is 12.5. The monoisotopic (exact) mass is 6040 g/mol. The number of esters is 2. The molecule has 4 heterocycles. The molecule has 0 saturated heterocycles. The van der Waals surface area contributed by atoms with Crippen LogP contribution >= 0.6 is 526 Å². The summed E-state index contributed by atoms with van der Waals surface area (Å²) in [6.45, 7) is 17.0. The van der Waals surface area contributed by atoms with Gasteiger partial charge in [0.05, 0.1) is 32.0 Å². The van der Waals surface area contributed by atoms with Gasteiger partial charge in [-0.05, 0) is 68.2 Å². The van der Waals surface area contributed by atoms with Crippen LogP contribution in [-0.2, 0) is 61.1 Å². The number of amides is 2. The fourth-order valence-electron chi connectivity index (χ4n) is 5.65. The summed E-state index contributed by atoms with van der Waals surface area (Å²) in [5, 5.41) is 19.8. The number of aryl methyl sites for hydroxylation is 1. The second-order valence-corrected chi connectivity index (χ2v) is 911. The number of H-pyrrole nitrogens is 1. The van der Waals surface area contributed by atoms with Crippen molar-refractivity contribution >= 4 is 557 Å². The van der Waals surface area contributed by atoms with E-state index in [0.717, 1.165) is 36.2 Å². The van der Waals surface area contributed by atoms with Crippen molar-refractivity contribution in [1.82, 2.24) is 29.8 Å². The van der Waals surface area contributed by atoms with Gasteiger partial charge in [-0.3, -0.25) is 14.6 Å². The number of ether oxygens (including phenoxy) is 4. The van der Waals surface area contributed by atoms with Crippen molar-refractivity contribution in [3.8, 4) is 24.7 Å². The van der Waals surface area contributed by atoms with Crippen LogP contribution in [0.25, 0.3) is 0 Å². The van der Waals surface area contributed by atoms with Crippen molar-refractivity contribution in [3.63, 3.8) is 0 Å². The van der Waals surface area contributed by atoms with Gasteiger partial charge in [-0.1, -0.05) is 0 Å². The number of fused-ring (bicyclic) bond motifs is 2. The van der Waals surface area contributed by atoms with E-state index < -0.39 is 163 Å². The first-order valence-electron chi connectivity index (χ1n) is 23.9. The van der Waals surface area contributed by atoms with Crippen LogP contribution in [-0.4, -0.2) is 104 Å². The Labute approximate surface area is 967 Å². The molecule has 2 aliphatic heterocycles. The van der Waals surface area contributed by atoms with Crippen molar-refractivity contribution in [2.45, 2.75) is 125 Å². The maximum Gasteiger partial charge on any atom is 1.00 e. The smallest absolute Gasteiger partial charge is 1.00 e. The predicted molar refractivity (Wildman–Crippen MR) is 741 cm³/mol. The second kappa shape index (κ2) is 75.4. The summed E-state index contributed by atoms with van der Waals surface area (Å²) in [6, 6.07) is 0. The summed E-state index contributed by atoms with van der Waals surface area (Å²) in [7, 11) is -8.82. The Hall–Kier alpha value is 27.3. The van der Waals surface area contributed by atoms with E-state index in [0.29, 0.717) is 75.8 Å². The predicted octanol–water partition coefficient (Wildman–Crippen LogP) is 29.5. The SMILES string of the molecule is C#CCCCCl.C#CCCCn1nc2c(c1C(=O)OCC)CN(C(=O)OC(C)(C)C)CC2.CCOC(=O)c1n[nH]c2c1CN(C(=O)OC(C)(C)C)CC2.I[I-]I(I)I(I)I(I)I(I)I(I)I(I)I(I)I(I)I(I)I(I)I(I)I(I)I(I)I(I)I(I)I(I)I(I)I(I)I.O=CO[O-].[Cs+].[Cs+].[H-]. The first-order valence-corrected chi connectivity index (χ1v) is 263. The van der Waals surface area contributed by atoms with E-state index in [-0.39, 0.29) is 185 Å². The molecule has 2 amide bonds. The van der Waals surface area contributed by atoms with Crippen LogP contribution in [0.1, 0.15) is 126 Å². The average Bonchev–Trinajstić information content (AvgIpc) is 1.64. The number of alkyl halides is 1. The molecule has 0 bridgehead atoms. The average molecular weight is 6040 g/mol. The zero-order valence-corrected chi connectivity index (χ0v) is 148. The number of carbonyl (C=O) groups excluding carboxylic acids is 5. The number of unbranched alkanes of at least 4 members (excludes halogenated alkanes) is 2. The van der Waals surface area contributed by atoms with Gasteiger partial charge in [0.1, 0.15) is 11.2 Å². The fourth-order valence-corrected chi connectivity index (χ4v) is 6920. The number of aromatic nitrogens is 4. The van der Waals surface area contributed by atoms with Crippen LogP contribution in [0.5, 0.6) is 0 Å². The number of hydrogen-bond donors (Lipinski definition) is 1. The third kappa shape index (κ3) is 53.7. The largest absolute Gasteiger partial charge is 1.00 e.